The highest BCUT2D eigenvalue weighted by atomic mass is 15.1. The van der Waals surface area contributed by atoms with Gasteiger partial charge in [-0.15, -0.1) is 0 Å². The zero-order valence-corrected chi connectivity index (χ0v) is 35.8. The van der Waals surface area contributed by atoms with Crippen LogP contribution in [0.2, 0.25) is 0 Å². The minimum atomic E-state index is -0.532. The van der Waals surface area contributed by atoms with E-state index in [0.717, 1.165) is 22.7 Å². The molecule has 61 heavy (non-hydrogen) atoms. The summed E-state index contributed by atoms with van der Waals surface area (Å²) in [6, 6.07) is 70.7. The zero-order valence-electron chi connectivity index (χ0n) is 35.8. The molecule has 0 bridgehead atoms. The van der Waals surface area contributed by atoms with Gasteiger partial charge in [-0.3, -0.25) is 0 Å². The first-order valence-electron chi connectivity index (χ1n) is 21.7. The van der Waals surface area contributed by atoms with Gasteiger partial charge in [-0.1, -0.05) is 163 Å². The first kappa shape index (κ1) is 37.1. The van der Waals surface area contributed by atoms with Crippen LogP contribution in [0.1, 0.15) is 74.9 Å². The van der Waals surface area contributed by atoms with Crippen LogP contribution in [0, 0.1) is 0 Å². The van der Waals surface area contributed by atoms with E-state index in [0.29, 0.717) is 0 Å². The second kappa shape index (κ2) is 13.6. The van der Waals surface area contributed by atoms with Gasteiger partial charge in [0.1, 0.15) is 0 Å². The van der Waals surface area contributed by atoms with E-state index in [1.54, 1.807) is 0 Å². The molecule has 0 aromatic heterocycles. The lowest BCUT2D eigenvalue weighted by Gasteiger charge is -2.33. The third-order valence-electron chi connectivity index (χ3n) is 13.3. The molecular weight excluding hydrogens is 737 g/mol. The number of hydrogen-bond acceptors (Lipinski definition) is 2. The Balaban J connectivity index is 1.18. The van der Waals surface area contributed by atoms with Gasteiger partial charge in [-0.25, -0.2) is 0 Å². The van der Waals surface area contributed by atoms with Gasteiger partial charge in [0.05, 0.1) is 11.1 Å². The molecule has 0 atom stereocenters. The summed E-state index contributed by atoms with van der Waals surface area (Å²) < 4.78 is 0. The van der Waals surface area contributed by atoms with Crippen LogP contribution in [0.5, 0.6) is 0 Å². The van der Waals surface area contributed by atoms with Crippen LogP contribution in [0.4, 0.5) is 28.4 Å². The van der Waals surface area contributed by atoms with E-state index in [4.69, 9.17) is 0 Å². The van der Waals surface area contributed by atoms with Crippen LogP contribution in [0.3, 0.4) is 0 Å². The van der Waals surface area contributed by atoms with Gasteiger partial charge in [-0.05, 0) is 149 Å². The molecule has 0 heterocycles. The molecule has 2 aliphatic rings. The number of hydrogen-bond donors (Lipinski definition) is 1. The van der Waals surface area contributed by atoms with Crippen molar-refractivity contribution in [1.82, 2.24) is 0 Å². The fourth-order valence-electron chi connectivity index (χ4n) is 10.3. The van der Waals surface area contributed by atoms with Gasteiger partial charge >= 0.3 is 0 Å². The van der Waals surface area contributed by atoms with Crippen molar-refractivity contribution < 1.29 is 0 Å². The first-order valence-corrected chi connectivity index (χ1v) is 21.7. The van der Waals surface area contributed by atoms with Gasteiger partial charge in [0.2, 0.25) is 0 Å². The Morgan fingerprint density at radius 2 is 0.934 bits per heavy atom. The Bertz CT molecular complexity index is 3110. The standard InChI is InChI=1S/C59H50N2/c1-57(2,3)40-25-30-42(31-26-40)60-43-29-24-38-35-50-53(36-39(38)34-43)59(51-22-14-12-18-46(51)47-19-13-15-23-52(47)59)54-37-55(48-20-10-11-21-49(48)56(50)54)61(44-16-8-7-9-17-44)45-32-27-41(28-33-45)58(4,5)6/h7-37,60H,1-6H3. The summed E-state index contributed by atoms with van der Waals surface area (Å²) in [6.07, 6.45) is 0. The zero-order chi connectivity index (χ0) is 41.7. The molecule has 2 aliphatic carbocycles. The van der Waals surface area contributed by atoms with Crippen molar-refractivity contribution in [3.63, 3.8) is 0 Å². The van der Waals surface area contributed by atoms with E-state index in [-0.39, 0.29) is 10.8 Å². The average Bonchev–Trinajstić information content (AvgIpc) is 3.72. The SMILES string of the molecule is CC(C)(C)c1ccc(Nc2ccc3cc4c(cc3c2)C2(c3ccccc3-c3ccccc32)c2cc(N(c3ccccc3)c3ccc(C(C)(C)C)cc3)c3ccccc3c2-4)cc1. The predicted octanol–water partition coefficient (Wildman–Crippen LogP) is 16.1. The summed E-state index contributed by atoms with van der Waals surface area (Å²) in [5, 5.41) is 8.67. The van der Waals surface area contributed by atoms with Gasteiger partial charge < -0.3 is 10.2 Å². The highest BCUT2D eigenvalue weighted by molar-refractivity contribution is 6.13. The number of benzene rings is 9. The molecule has 0 amide bonds. The lowest BCUT2D eigenvalue weighted by Crippen LogP contribution is -2.26. The lowest BCUT2D eigenvalue weighted by atomic mass is 9.70. The van der Waals surface area contributed by atoms with E-state index < -0.39 is 5.41 Å². The molecule has 0 saturated heterocycles. The third-order valence-corrected chi connectivity index (χ3v) is 13.3. The third kappa shape index (κ3) is 5.76. The number of nitrogens with zero attached hydrogens (tertiary/aromatic N) is 1. The number of anilines is 5. The van der Waals surface area contributed by atoms with Crippen molar-refractivity contribution in [3.8, 4) is 22.3 Å². The summed E-state index contributed by atoms with van der Waals surface area (Å²) in [6.45, 7) is 13.6. The van der Waals surface area contributed by atoms with Gasteiger partial charge in [0, 0.05) is 28.1 Å². The highest BCUT2D eigenvalue weighted by Gasteiger charge is 2.52. The van der Waals surface area contributed by atoms with Gasteiger partial charge in [-0.2, -0.15) is 0 Å². The van der Waals surface area contributed by atoms with Crippen LogP contribution < -0.4 is 10.2 Å². The van der Waals surface area contributed by atoms with E-state index in [1.807, 2.05) is 0 Å². The largest absolute Gasteiger partial charge is 0.356 e. The van der Waals surface area contributed by atoms with Crippen LogP contribution in [0.15, 0.2) is 188 Å². The van der Waals surface area contributed by atoms with E-state index in [1.165, 1.54) is 82.9 Å². The first-order chi connectivity index (χ1) is 29.5. The minimum absolute atomic E-state index is 0.0514. The minimum Gasteiger partial charge on any atom is -0.356 e. The Morgan fingerprint density at radius 1 is 0.393 bits per heavy atom. The van der Waals surface area contributed by atoms with Crippen molar-refractivity contribution >= 4 is 50.0 Å². The molecule has 1 N–H and O–H groups in total. The molecule has 9 aromatic carbocycles. The molecule has 0 aliphatic heterocycles. The van der Waals surface area contributed by atoms with Crippen molar-refractivity contribution in [3.05, 3.63) is 221 Å². The second-order valence-electron chi connectivity index (χ2n) is 19.1. The summed E-state index contributed by atoms with van der Waals surface area (Å²) in [5.74, 6) is 0. The van der Waals surface area contributed by atoms with Crippen molar-refractivity contribution in [2.45, 2.75) is 57.8 Å². The van der Waals surface area contributed by atoms with Crippen molar-refractivity contribution in [2.24, 2.45) is 0 Å². The number of nitrogens with one attached hydrogen (secondary N) is 1. The summed E-state index contributed by atoms with van der Waals surface area (Å²) in [5.41, 5.74) is 18.5. The Labute approximate surface area is 360 Å². The molecular formula is C59H50N2. The van der Waals surface area contributed by atoms with Crippen LogP contribution in [0.25, 0.3) is 43.8 Å². The van der Waals surface area contributed by atoms with E-state index in [9.17, 15) is 0 Å². The molecule has 2 heteroatoms. The molecule has 11 rings (SSSR count). The van der Waals surface area contributed by atoms with Crippen molar-refractivity contribution in [1.29, 1.82) is 0 Å². The van der Waals surface area contributed by atoms with Crippen molar-refractivity contribution in [2.75, 3.05) is 10.2 Å². The van der Waals surface area contributed by atoms with Gasteiger partial charge in [0.25, 0.3) is 0 Å². The number of para-hydroxylation sites is 1. The Hall–Kier alpha value is -6.90. The number of fused-ring (bicyclic) bond motifs is 13. The summed E-state index contributed by atoms with van der Waals surface area (Å²) in [4.78, 5) is 2.47. The smallest absolute Gasteiger partial charge is 0.0726 e. The fourth-order valence-corrected chi connectivity index (χ4v) is 10.3. The van der Waals surface area contributed by atoms with Crippen LogP contribution in [-0.4, -0.2) is 0 Å². The van der Waals surface area contributed by atoms with E-state index in [2.05, 4.69) is 240 Å². The molecule has 1 spiro atoms. The second-order valence-corrected chi connectivity index (χ2v) is 19.1. The maximum absolute atomic E-state index is 3.73. The highest BCUT2D eigenvalue weighted by Crippen LogP contribution is 2.65. The normalized spacial score (nSPS) is 13.5. The monoisotopic (exact) mass is 786 g/mol. The Kier molecular flexibility index (Phi) is 8.25. The molecule has 0 fully saturated rings. The predicted molar refractivity (Wildman–Crippen MR) is 260 cm³/mol. The topological polar surface area (TPSA) is 15.3 Å². The molecule has 0 saturated carbocycles. The fraction of sp³-hybridized carbons (Fsp3) is 0.153. The molecule has 2 nitrogen and oxygen atoms in total. The quantitative estimate of drug-likeness (QED) is 0.187. The maximum atomic E-state index is 3.73. The lowest BCUT2D eigenvalue weighted by molar-refractivity contribution is 0.590. The molecule has 296 valence electrons. The molecule has 0 unspecified atom stereocenters. The number of rotatable bonds is 5. The van der Waals surface area contributed by atoms with E-state index >= 15 is 0 Å². The molecule has 9 aromatic rings. The van der Waals surface area contributed by atoms with Gasteiger partial charge in [0.15, 0.2) is 0 Å². The average molecular weight is 787 g/mol. The maximum Gasteiger partial charge on any atom is 0.0726 e. The summed E-state index contributed by atoms with van der Waals surface area (Å²) in [7, 11) is 0. The Morgan fingerprint density at radius 3 is 1.57 bits per heavy atom. The van der Waals surface area contributed by atoms with Crippen LogP contribution in [-0.2, 0) is 16.2 Å². The summed E-state index contributed by atoms with van der Waals surface area (Å²) >= 11 is 0. The molecule has 0 radical (unpaired) electrons. The van der Waals surface area contributed by atoms with Crippen LogP contribution >= 0.6 is 0 Å².